The smallest absolute Gasteiger partial charge is 0.0572 e. The van der Waals surface area contributed by atoms with Crippen LogP contribution in [-0.2, 0) is 0 Å². The van der Waals surface area contributed by atoms with Crippen molar-refractivity contribution in [2.75, 3.05) is 18.0 Å². The van der Waals surface area contributed by atoms with Crippen molar-refractivity contribution in [3.63, 3.8) is 0 Å². The molecule has 2 N–H and O–H groups in total. The Bertz CT molecular complexity index is 374. The molecule has 0 bridgehead atoms. The molecule has 18 heavy (non-hydrogen) atoms. The molecule has 1 aromatic rings. The van der Waals surface area contributed by atoms with Crippen LogP contribution in [0.15, 0.2) is 18.3 Å². The van der Waals surface area contributed by atoms with Gasteiger partial charge in [-0.1, -0.05) is 20.8 Å². The SMILES string of the molecule is CCC(N)c1ccc(N2CCC(C)C(C)C2)cn1. The minimum absolute atomic E-state index is 0.0688. The zero-order valence-electron chi connectivity index (χ0n) is 11.8. The molecule has 1 fully saturated rings. The molecule has 100 valence electrons. The first kappa shape index (κ1) is 13.3. The Hall–Kier alpha value is -1.09. The summed E-state index contributed by atoms with van der Waals surface area (Å²) in [5.41, 5.74) is 8.22. The summed E-state index contributed by atoms with van der Waals surface area (Å²) in [6, 6.07) is 4.31. The van der Waals surface area contributed by atoms with Gasteiger partial charge < -0.3 is 10.6 Å². The van der Waals surface area contributed by atoms with Crippen LogP contribution >= 0.6 is 0 Å². The van der Waals surface area contributed by atoms with Gasteiger partial charge in [0.1, 0.15) is 0 Å². The van der Waals surface area contributed by atoms with Crippen molar-refractivity contribution >= 4 is 5.69 Å². The van der Waals surface area contributed by atoms with Gasteiger partial charge in [0.15, 0.2) is 0 Å². The Morgan fingerprint density at radius 2 is 2.17 bits per heavy atom. The van der Waals surface area contributed by atoms with E-state index in [-0.39, 0.29) is 6.04 Å². The molecule has 1 saturated heterocycles. The Labute approximate surface area is 110 Å². The van der Waals surface area contributed by atoms with Gasteiger partial charge in [0.05, 0.1) is 17.6 Å². The minimum atomic E-state index is 0.0688. The molecule has 1 aromatic heterocycles. The van der Waals surface area contributed by atoms with Gasteiger partial charge in [0, 0.05) is 19.1 Å². The summed E-state index contributed by atoms with van der Waals surface area (Å²) < 4.78 is 0. The minimum Gasteiger partial charge on any atom is -0.370 e. The third-order valence-electron chi connectivity index (χ3n) is 4.29. The second kappa shape index (κ2) is 5.70. The highest BCUT2D eigenvalue weighted by atomic mass is 15.1. The van der Waals surface area contributed by atoms with Gasteiger partial charge >= 0.3 is 0 Å². The number of hydrogen-bond acceptors (Lipinski definition) is 3. The van der Waals surface area contributed by atoms with E-state index in [0.717, 1.165) is 37.0 Å². The summed E-state index contributed by atoms with van der Waals surface area (Å²) in [5, 5.41) is 0. The van der Waals surface area contributed by atoms with Crippen LogP contribution in [0.3, 0.4) is 0 Å². The molecule has 2 heterocycles. The molecule has 1 aliphatic heterocycles. The fraction of sp³-hybridized carbons (Fsp3) is 0.667. The first-order chi connectivity index (χ1) is 8.61. The monoisotopic (exact) mass is 247 g/mol. The highest BCUT2D eigenvalue weighted by Crippen LogP contribution is 2.27. The van der Waals surface area contributed by atoms with Gasteiger partial charge in [-0.15, -0.1) is 0 Å². The van der Waals surface area contributed by atoms with Gasteiger partial charge in [-0.25, -0.2) is 0 Å². The van der Waals surface area contributed by atoms with Crippen LogP contribution in [0.1, 0.15) is 45.3 Å². The lowest BCUT2D eigenvalue weighted by Gasteiger charge is -2.36. The van der Waals surface area contributed by atoms with Crippen molar-refractivity contribution in [3.05, 3.63) is 24.0 Å². The number of hydrogen-bond donors (Lipinski definition) is 1. The quantitative estimate of drug-likeness (QED) is 0.893. The molecular weight excluding hydrogens is 222 g/mol. The fourth-order valence-corrected chi connectivity index (χ4v) is 2.51. The second-order valence-corrected chi connectivity index (χ2v) is 5.65. The van der Waals surface area contributed by atoms with E-state index in [1.54, 1.807) is 0 Å². The lowest BCUT2D eigenvalue weighted by atomic mass is 9.88. The molecule has 0 saturated carbocycles. The third kappa shape index (κ3) is 2.83. The molecule has 0 spiro atoms. The molecule has 3 atom stereocenters. The lowest BCUT2D eigenvalue weighted by molar-refractivity contribution is 0.324. The van der Waals surface area contributed by atoms with E-state index in [1.807, 2.05) is 6.20 Å². The predicted molar refractivity (Wildman–Crippen MR) is 76.6 cm³/mol. The maximum Gasteiger partial charge on any atom is 0.0572 e. The molecule has 3 nitrogen and oxygen atoms in total. The van der Waals surface area contributed by atoms with Crippen molar-refractivity contribution in [3.8, 4) is 0 Å². The largest absolute Gasteiger partial charge is 0.370 e. The Balaban J connectivity index is 2.06. The van der Waals surface area contributed by atoms with Crippen molar-refractivity contribution < 1.29 is 0 Å². The van der Waals surface area contributed by atoms with E-state index >= 15 is 0 Å². The summed E-state index contributed by atoms with van der Waals surface area (Å²) in [5.74, 6) is 1.60. The van der Waals surface area contributed by atoms with Gasteiger partial charge in [0.2, 0.25) is 0 Å². The molecule has 3 heteroatoms. The summed E-state index contributed by atoms with van der Waals surface area (Å²) in [6.07, 6.45) is 4.19. The van der Waals surface area contributed by atoms with E-state index in [2.05, 4.69) is 42.8 Å². The van der Waals surface area contributed by atoms with Crippen LogP contribution in [-0.4, -0.2) is 18.1 Å². The number of rotatable bonds is 3. The first-order valence-corrected chi connectivity index (χ1v) is 7.08. The number of anilines is 1. The average Bonchev–Trinajstić information content (AvgIpc) is 2.41. The molecule has 0 aliphatic carbocycles. The molecule has 0 aromatic carbocycles. The maximum atomic E-state index is 5.99. The Morgan fingerprint density at radius 3 is 2.72 bits per heavy atom. The molecule has 1 aliphatic rings. The predicted octanol–water partition coefficient (Wildman–Crippen LogP) is 2.97. The van der Waals surface area contributed by atoms with Crippen LogP contribution < -0.4 is 10.6 Å². The van der Waals surface area contributed by atoms with Gasteiger partial charge in [0.25, 0.3) is 0 Å². The van der Waals surface area contributed by atoms with E-state index < -0.39 is 0 Å². The van der Waals surface area contributed by atoms with Crippen LogP contribution in [0.25, 0.3) is 0 Å². The highest BCUT2D eigenvalue weighted by molar-refractivity contribution is 5.45. The van der Waals surface area contributed by atoms with Gasteiger partial charge in [-0.2, -0.15) is 0 Å². The number of piperidine rings is 1. The van der Waals surface area contributed by atoms with Crippen molar-refractivity contribution in [1.29, 1.82) is 0 Å². The van der Waals surface area contributed by atoms with E-state index in [4.69, 9.17) is 5.73 Å². The van der Waals surface area contributed by atoms with Crippen LogP contribution in [0.4, 0.5) is 5.69 Å². The Kier molecular flexibility index (Phi) is 4.23. The van der Waals surface area contributed by atoms with E-state index in [0.29, 0.717) is 0 Å². The summed E-state index contributed by atoms with van der Waals surface area (Å²) in [4.78, 5) is 6.95. The summed E-state index contributed by atoms with van der Waals surface area (Å²) in [7, 11) is 0. The topological polar surface area (TPSA) is 42.1 Å². The third-order valence-corrected chi connectivity index (χ3v) is 4.29. The maximum absolute atomic E-state index is 5.99. The standard InChI is InChI=1S/C15H25N3/c1-4-14(16)15-6-5-13(9-17-15)18-8-7-11(2)12(3)10-18/h5-6,9,11-12,14H,4,7-8,10,16H2,1-3H3. The number of nitrogens with two attached hydrogens (primary N) is 1. The first-order valence-electron chi connectivity index (χ1n) is 7.08. The van der Waals surface area contributed by atoms with Gasteiger partial charge in [-0.05, 0) is 36.8 Å². The number of nitrogens with zero attached hydrogens (tertiary/aromatic N) is 2. The zero-order valence-corrected chi connectivity index (χ0v) is 11.8. The molecule has 0 amide bonds. The average molecular weight is 247 g/mol. The van der Waals surface area contributed by atoms with Crippen LogP contribution in [0.5, 0.6) is 0 Å². The number of aromatic nitrogens is 1. The molecular formula is C15H25N3. The van der Waals surface area contributed by atoms with Crippen LogP contribution in [0.2, 0.25) is 0 Å². The van der Waals surface area contributed by atoms with Crippen molar-refractivity contribution in [2.45, 2.75) is 39.7 Å². The fourth-order valence-electron chi connectivity index (χ4n) is 2.51. The summed E-state index contributed by atoms with van der Waals surface area (Å²) in [6.45, 7) is 9.07. The molecule has 0 radical (unpaired) electrons. The zero-order chi connectivity index (χ0) is 13.1. The lowest BCUT2D eigenvalue weighted by Crippen LogP contribution is -2.38. The summed E-state index contributed by atoms with van der Waals surface area (Å²) >= 11 is 0. The second-order valence-electron chi connectivity index (χ2n) is 5.65. The molecule has 3 unspecified atom stereocenters. The van der Waals surface area contributed by atoms with Crippen molar-refractivity contribution in [2.24, 2.45) is 17.6 Å². The highest BCUT2D eigenvalue weighted by Gasteiger charge is 2.22. The normalized spacial score (nSPS) is 26.1. The van der Waals surface area contributed by atoms with Crippen molar-refractivity contribution in [1.82, 2.24) is 4.98 Å². The Morgan fingerprint density at radius 1 is 1.39 bits per heavy atom. The van der Waals surface area contributed by atoms with E-state index in [1.165, 1.54) is 12.1 Å². The van der Waals surface area contributed by atoms with E-state index in [9.17, 15) is 0 Å². The van der Waals surface area contributed by atoms with Crippen LogP contribution in [0, 0.1) is 11.8 Å². The van der Waals surface area contributed by atoms with Gasteiger partial charge in [-0.3, -0.25) is 4.98 Å². The molecule has 2 rings (SSSR count). The number of pyridine rings is 1.